The number of nitrogens with zero attached hydrogens (tertiary/aromatic N) is 3. The van der Waals surface area contributed by atoms with E-state index >= 15 is 0 Å². The maximum absolute atomic E-state index is 12.5. The van der Waals surface area contributed by atoms with Gasteiger partial charge in [-0.15, -0.1) is 12.4 Å². The van der Waals surface area contributed by atoms with E-state index in [2.05, 4.69) is 15.6 Å². The number of pyridine rings is 1. The number of nitrogens with one attached hydrogen (secondary N) is 2. The highest BCUT2D eigenvalue weighted by Crippen LogP contribution is 2.23. The van der Waals surface area contributed by atoms with Gasteiger partial charge in [0.2, 0.25) is 5.91 Å². The van der Waals surface area contributed by atoms with E-state index in [0.717, 1.165) is 48.4 Å². The maximum atomic E-state index is 12.5. The molecule has 0 saturated carbocycles. The van der Waals surface area contributed by atoms with Crippen LogP contribution in [0.5, 0.6) is 0 Å². The number of hydrogen-bond donors (Lipinski definition) is 2. The molecule has 1 aliphatic heterocycles. The summed E-state index contributed by atoms with van der Waals surface area (Å²) in [5.74, 6) is 0.226. The second-order valence-corrected chi connectivity index (χ2v) is 6.76. The Bertz CT molecular complexity index is 892. The van der Waals surface area contributed by atoms with Crippen LogP contribution in [0.4, 0.5) is 0 Å². The van der Waals surface area contributed by atoms with Gasteiger partial charge in [0.25, 0.3) is 0 Å². The first-order valence-electron chi connectivity index (χ1n) is 9.34. The molecule has 2 aromatic heterocycles. The number of benzene rings is 1. The molecule has 146 valence electrons. The molecule has 1 aliphatic rings. The van der Waals surface area contributed by atoms with Crippen LogP contribution in [0.25, 0.3) is 16.9 Å². The molecule has 1 aromatic carbocycles. The topological polar surface area (TPSA) is 71.8 Å². The molecule has 7 heteroatoms. The lowest BCUT2D eigenvalue weighted by Crippen LogP contribution is -2.37. The lowest BCUT2D eigenvalue weighted by Gasteiger charge is -2.21. The van der Waals surface area contributed by atoms with Crippen molar-refractivity contribution in [2.75, 3.05) is 13.1 Å². The van der Waals surface area contributed by atoms with Gasteiger partial charge in [-0.2, -0.15) is 5.10 Å². The minimum Gasteiger partial charge on any atom is -0.352 e. The second kappa shape index (κ2) is 9.48. The summed E-state index contributed by atoms with van der Waals surface area (Å²) in [6, 6.07) is 13.9. The fraction of sp³-hybridized carbons (Fsp3) is 0.286. The van der Waals surface area contributed by atoms with Gasteiger partial charge in [0.05, 0.1) is 11.4 Å². The summed E-state index contributed by atoms with van der Waals surface area (Å²) in [6.07, 6.45) is 7.30. The van der Waals surface area contributed by atoms with E-state index in [-0.39, 0.29) is 24.2 Å². The van der Waals surface area contributed by atoms with Crippen molar-refractivity contribution in [2.45, 2.75) is 19.4 Å². The first-order chi connectivity index (χ1) is 13.3. The zero-order chi connectivity index (χ0) is 18.5. The Labute approximate surface area is 170 Å². The summed E-state index contributed by atoms with van der Waals surface area (Å²) in [7, 11) is 0. The standard InChI is InChI=1S/C21H23N5O.ClH/c27-21(17-8-12-23-13-9-17)24-14-18-15-26(19-4-2-1-3-5-19)25-20(18)16-6-10-22-11-7-16;/h1-7,10-11,15,17,23H,8-9,12-14H2,(H,24,27);1H. The summed E-state index contributed by atoms with van der Waals surface area (Å²) in [5, 5.41) is 11.2. The largest absolute Gasteiger partial charge is 0.352 e. The molecule has 0 atom stereocenters. The molecule has 6 nitrogen and oxygen atoms in total. The lowest BCUT2D eigenvalue weighted by molar-refractivity contribution is -0.125. The SMILES string of the molecule is Cl.O=C(NCc1cn(-c2ccccc2)nc1-c1ccncc1)C1CCNCC1. The number of aromatic nitrogens is 3. The van der Waals surface area contributed by atoms with Crippen molar-refractivity contribution in [1.82, 2.24) is 25.4 Å². The zero-order valence-corrected chi connectivity index (χ0v) is 16.4. The van der Waals surface area contributed by atoms with Gasteiger partial charge in [-0.1, -0.05) is 18.2 Å². The van der Waals surface area contributed by atoms with E-state index in [1.807, 2.05) is 53.3 Å². The maximum Gasteiger partial charge on any atom is 0.223 e. The van der Waals surface area contributed by atoms with Gasteiger partial charge in [0.1, 0.15) is 0 Å². The molecular weight excluding hydrogens is 374 g/mol. The van der Waals surface area contributed by atoms with Crippen molar-refractivity contribution >= 4 is 18.3 Å². The van der Waals surface area contributed by atoms with Crippen LogP contribution in [-0.2, 0) is 11.3 Å². The van der Waals surface area contributed by atoms with E-state index < -0.39 is 0 Å². The van der Waals surface area contributed by atoms with Crippen molar-refractivity contribution in [1.29, 1.82) is 0 Å². The number of rotatable bonds is 5. The minimum absolute atomic E-state index is 0. The van der Waals surface area contributed by atoms with Gasteiger partial charge in [-0.05, 0) is 50.2 Å². The van der Waals surface area contributed by atoms with Crippen LogP contribution in [0.15, 0.2) is 61.1 Å². The van der Waals surface area contributed by atoms with Gasteiger partial charge in [0, 0.05) is 42.2 Å². The molecule has 3 heterocycles. The third-order valence-corrected chi connectivity index (χ3v) is 4.93. The summed E-state index contributed by atoms with van der Waals surface area (Å²) >= 11 is 0. The van der Waals surface area contributed by atoms with E-state index in [9.17, 15) is 4.79 Å². The third-order valence-electron chi connectivity index (χ3n) is 4.93. The normalized spacial score (nSPS) is 14.3. The molecule has 28 heavy (non-hydrogen) atoms. The third kappa shape index (κ3) is 4.58. The first-order valence-corrected chi connectivity index (χ1v) is 9.34. The van der Waals surface area contributed by atoms with Crippen LogP contribution in [0.1, 0.15) is 18.4 Å². The van der Waals surface area contributed by atoms with Crippen molar-refractivity contribution in [2.24, 2.45) is 5.92 Å². The van der Waals surface area contributed by atoms with Crippen LogP contribution in [0, 0.1) is 5.92 Å². The van der Waals surface area contributed by atoms with Gasteiger partial charge >= 0.3 is 0 Å². The molecule has 0 spiro atoms. The Hall–Kier alpha value is -2.70. The number of carbonyl (C=O) groups is 1. The van der Waals surface area contributed by atoms with Crippen molar-refractivity contribution in [3.8, 4) is 16.9 Å². The van der Waals surface area contributed by atoms with E-state index in [1.54, 1.807) is 12.4 Å². The Kier molecular flexibility index (Phi) is 6.79. The zero-order valence-electron chi connectivity index (χ0n) is 15.5. The summed E-state index contributed by atoms with van der Waals surface area (Å²) in [4.78, 5) is 16.6. The molecule has 0 bridgehead atoms. The van der Waals surface area contributed by atoms with Crippen LogP contribution in [0.2, 0.25) is 0 Å². The van der Waals surface area contributed by atoms with Gasteiger partial charge in [-0.3, -0.25) is 9.78 Å². The molecular formula is C21H24ClN5O. The van der Waals surface area contributed by atoms with Crippen LogP contribution in [0.3, 0.4) is 0 Å². The highest BCUT2D eigenvalue weighted by molar-refractivity contribution is 5.85. The fourth-order valence-electron chi connectivity index (χ4n) is 3.42. The highest BCUT2D eigenvalue weighted by atomic mass is 35.5. The molecule has 2 N–H and O–H groups in total. The number of amides is 1. The number of carbonyl (C=O) groups excluding carboxylic acids is 1. The smallest absolute Gasteiger partial charge is 0.223 e. The Morgan fingerprint density at radius 1 is 1.11 bits per heavy atom. The Balaban J connectivity index is 0.00000225. The van der Waals surface area contributed by atoms with E-state index in [4.69, 9.17) is 5.10 Å². The predicted molar refractivity (Wildman–Crippen MR) is 111 cm³/mol. The monoisotopic (exact) mass is 397 g/mol. The minimum atomic E-state index is 0. The number of hydrogen-bond acceptors (Lipinski definition) is 4. The molecule has 1 amide bonds. The molecule has 0 unspecified atom stereocenters. The average Bonchev–Trinajstić information content (AvgIpc) is 3.18. The molecule has 1 saturated heterocycles. The Morgan fingerprint density at radius 2 is 1.82 bits per heavy atom. The summed E-state index contributed by atoms with van der Waals surface area (Å²) < 4.78 is 1.86. The highest BCUT2D eigenvalue weighted by Gasteiger charge is 2.21. The van der Waals surface area contributed by atoms with Crippen LogP contribution in [-0.4, -0.2) is 33.8 Å². The van der Waals surface area contributed by atoms with E-state index in [0.29, 0.717) is 6.54 Å². The van der Waals surface area contributed by atoms with Crippen LogP contribution < -0.4 is 10.6 Å². The molecule has 0 aliphatic carbocycles. The number of piperidine rings is 1. The van der Waals surface area contributed by atoms with E-state index in [1.165, 1.54) is 0 Å². The van der Waals surface area contributed by atoms with Gasteiger partial charge in [-0.25, -0.2) is 4.68 Å². The molecule has 1 fully saturated rings. The average molecular weight is 398 g/mol. The second-order valence-electron chi connectivity index (χ2n) is 6.76. The predicted octanol–water partition coefficient (Wildman–Crippen LogP) is 2.97. The number of para-hydroxylation sites is 1. The first kappa shape index (κ1) is 20.0. The summed E-state index contributed by atoms with van der Waals surface area (Å²) in [5.41, 5.74) is 3.84. The molecule has 4 rings (SSSR count). The van der Waals surface area contributed by atoms with Gasteiger partial charge in [0.15, 0.2) is 0 Å². The van der Waals surface area contributed by atoms with Crippen LogP contribution >= 0.6 is 12.4 Å². The van der Waals surface area contributed by atoms with Crippen molar-refractivity contribution in [3.63, 3.8) is 0 Å². The quantitative estimate of drug-likeness (QED) is 0.694. The van der Waals surface area contributed by atoms with Crippen molar-refractivity contribution in [3.05, 3.63) is 66.6 Å². The fourth-order valence-corrected chi connectivity index (χ4v) is 3.42. The molecule has 3 aromatic rings. The Morgan fingerprint density at radius 3 is 2.54 bits per heavy atom. The summed E-state index contributed by atoms with van der Waals surface area (Å²) in [6.45, 7) is 2.28. The number of halogens is 1. The van der Waals surface area contributed by atoms with Gasteiger partial charge < -0.3 is 10.6 Å². The van der Waals surface area contributed by atoms with Crippen molar-refractivity contribution < 1.29 is 4.79 Å². The molecule has 0 radical (unpaired) electrons. The lowest BCUT2D eigenvalue weighted by atomic mass is 9.97.